The molecule has 0 fully saturated rings. The van der Waals surface area contributed by atoms with Crippen LogP contribution in [0.5, 0.6) is 0 Å². The fraction of sp³-hybridized carbons (Fsp3) is 0.500. The first-order valence-electron chi connectivity index (χ1n) is 7.73. The molecule has 11 nitrogen and oxygen atoms in total. The van der Waals surface area contributed by atoms with Crippen molar-refractivity contribution in [2.45, 2.75) is 38.1 Å². The van der Waals surface area contributed by atoms with Crippen LogP contribution in [0.25, 0.3) is 11.2 Å². The third kappa shape index (κ3) is 4.45. The molecular weight excluding hydrogens is 360 g/mol. The topological polar surface area (TPSA) is 157 Å². The van der Waals surface area contributed by atoms with Crippen LogP contribution in [0, 0.1) is 4.91 Å². The van der Waals surface area contributed by atoms with E-state index in [-0.39, 0.29) is 18.3 Å². The van der Waals surface area contributed by atoms with Crippen LogP contribution >= 0.6 is 11.9 Å². The zero-order valence-corrected chi connectivity index (χ0v) is 15.4. The van der Waals surface area contributed by atoms with E-state index in [1.54, 1.807) is 24.7 Å². The number of anilines is 1. The van der Waals surface area contributed by atoms with Gasteiger partial charge in [-0.3, -0.25) is 9.59 Å². The second kappa shape index (κ2) is 8.08. The zero-order valence-electron chi connectivity index (χ0n) is 14.6. The van der Waals surface area contributed by atoms with Gasteiger partial charge in [0, 0.05) is 36.5 Å². The van der Waals surface area contributed by atoms with Crippen molar-refractivity contribution in [1.29, 1.82) is 0 Å². The van der Waals surface area contributed by atoms with Gasteiger partial charge in [-0.2, -0.15) is 0 Å². The van der Waals surface area contributed by atoms with Gasteiger partial charge in [0.05, 0.1) is 11.1 Å². The monoisotopic (exact) mass is 380 g/mol. The first-order chi connectivity index (χ1) is 12.3. The molecule has 2 heterocycles. The first kappa shape index (κ1) is 19.6. The largest absolute Gasteiger partial charge is 0.382 e. The number of nitrogens with two attached hydrogens (primary N) is 1. The lowest BCUT2D eigenvalue weighted by atomic mass is 10.0. The van der Waals surface area contributed by atoms with E-state index in [9.17, 15) is 14.5 Å². The van der Waals surface area contributed by atoms with Crippen LogP contribution in [0.1, 0.15) is 20.8 Å². The summed E-state index contributed by atoms with van der Waals surface area (Å²) in [6, 6.07) is -0.916. The minimum atomic E-state index is -0.916. The van der Waals surface area contributed by atoms with Crippen molar-refractivity contribution < 1.29 is 9.59 Å². The average molecular weight is 380 g/mol. The fourth-order valence-electron chi connectivity index (χ4n) is 2.37. The Hall–Kier alpha value is -2.76. The maximum Gasteiger partial charge on any atom is 0.244 e. The van der Waals surface area contributed by atoms with Gasteiger partial charge in [-0.1, -0.05) is 0 Å². The van der Waals surface area contributed by atoms with Gasteiger partial charge in [0.15, 0.2) is 11.5 Å². The SMILES string of the molecule is CC(=O)N[C@H](C(=O)NCCn1cnc2c(N)ncnc21)C(C)(C)SN=O. The lowest BCUT2D eigenvalue weighted by Gasteiger charge is -2.30. The molecule has 2 aromatic heterocycles. The number of amides is 2. The van der Waals surface area contributed by atoms with Crippen LogP contribution in [-0.2, 0) is 16.1 Å². The van der Waals surface area contributed by atoms with Gasteiger partial charge in [-0.25, -0.2) is 15.0 Å². The molecule has 12 heteroatoms. The summed E-state index contributed by atoms with van der Waals surface area (Å²) >= 11 is 0.695. The summed E-state index contributed by atoms with van der Waals surface area (Å²) in [7, 11) is 0. The molecule has 2 aromatic rings. The Balaban J connectivity index is 2.04. The van der Waals surface area contributed by atoms with Gasteiger partial charge in [0.2, 0.25) is 11.8 Å². The Labute approximate surface area is 153 Å². The number of carbonyl (C=O) groups excluding carboxylic acids is 2. The Kier molecular flexibility index (Phi) is 6.08. The molecule has 140 valence electrons. The number of nitrogens with zero attached hydrogens (tertiary/aromatic N) is 5. The van der Waals surface area contributed by atoms with Crippen LogP contribution in [0.3, 0.4) is 0 Å². The van der Waals surface area contributed by atoms with Gasteiger partial charge in [0.1, 0.15) is 17.9 Å². The van der Waals surface area contributed by atoms with E-state index in [1.165, 1.54) is 13.3 Å². The van der Waals surface area contributed by atoms with Gasteiger partial charge < -0.3 is 20.9 Å². The fourth-order valence-corrected chi connectivity index (χ4v) is 2.83. The number of fused-ring (bicyclic) bond motifs is 1. The van der Waals surface area contributed by atoms with Crippen LogP contribution < -0.4 is 16.4 Å². The maximum absolute atomic E-state index is 12.5. The molecule has 4 N–H and O–H groups in total. The highest BCUT2D eigenvalue weighted by Gasteiger charge is 2.37. The zero-order chi connectivity index (χ0) is 19.3. The summed E-state index contributed by atoms with van der Waals surface area (Å²) in [5.74, 6) is -0.513. The predicted molar refractivity (Wildman–Crippen MR) is 97.8 cm³/mol. The molecule has 0 aliphatic heterocycles. The third-order valence-corrected chi connectivity index (χ3v) is 4.44. The highest BCUT2D eigenvalue weighted by molar-refractivity contribution is 7.99. The second-order valence-corrected chi connectivity index (χ2v) is 7.45. The van der Waals surface area contributed by atoms with Gasteiger partial charge in [-0.05, 0) is 13.8 Å². The molecule has 0 aliphatic rings. The summed E-state index contributed by atoms with van der Waals surface area (Å²) in [5, 5.41) is 5.29. The molecule has 0 bridgehead atoms. The van der Waals surface area contributed by atoms with Crippen molar-refractivity contribution in [1.82, 2.24) is 30.2 Å². The van der Waals surface area contributed by atoms with E-state index in [0.717, 1.165) is 0 Å². The summed E-state index contributed by atoms with van der Waals surface area (Å²) in [6.45, 7) is 5.27. The highest BCUT2D eigenvalue weighted by Crippen LogP contribution is 2.29. The summed E-state index contributed by atoms with van der Waals surface area (Å²) in [4.78, 5) is 46.6. The number of nitrogens with one attached hydrogen (secondary N) is 2. The summed E-state index contributed by atoms with van der Waals surface area (Å²) < 4.78 is 3.61. The first-order valence-corrected chi connectivity index (χ1v) is 8.50. The molecule has 0 saturated heterocycles. The molecule has 1 atom stereocenters. The molecule has 0 spiro atoms. The standard InChI is InChI=1S/C14H20N8O3S/c1-8(23)20-10(14(2,3)26-21-25)13(24)16-4-5-22-7-19-9-11(15)17-6-18-12(9)22/h6-7,10H,4-5H2,1-3H3,(H,16,24)(H,20,23)(H2,15,17,18)/t10-/m1/s1. The van der Waals surface area contributed by atoms with Gasteiger partial charge >= 0.3 is 0 Å². The molecule has 0 unspecified atom stereocenters. The van der Waals surface area contributed by atoms with E-state index < -0.39 is 16.7 Å². The molecule has 0 radical (unpaired) electrons. The van der Waals surface area contributed by atoms with E-state index in [1.807, 2.05) is 0 Å². The van der Waals surface area contributed by atoms with Crippen LogP contribution in [-0.4, -0.2) is 48.7 Å². The third-order valence-electron chi connectivity index (χ3n) is 3.66. The van der Waals surface area contributed by atoms with Gasteiger partial charge in [0.25, 0.3) is 0 Å². The minimum absolute atomic E-state index is 0.263. The number of imidazole rings is 1. The Morgan fingerprint density at radius 3 is 2.77 bits per heavy atom. The molecule has 0 aromatic carbocycles. The van der Waals surface area contributed by atoms with Crippen molar-refractivity contribution in [2.75, 3.05) is 12.3 Å². The number of carbonyl (C=O) groups is 2. The van der Waals surface area contributed by atoms with Crippen molar-refractivity contribution in [3.8, 4) is 0 Å². The average Bonchev–Trinajstić information content (AvgIpc) is 2.97. The van der Waals surface area contributed by atoms with Gasteiger partial charge in [-0.15, -0.1) is 4.91 Å². The number of nitroso groups, excluding NO2 is 1. The lowest BCUT2D eigenvalue weighted by Crippen LogP contribution is -2.56. The van der Waals surface area contributed by atoms with E-state index in [4.69, 9.17) is 5.73 Å². The smallest absolute Gasteiger partial charge is 0.244 e. The Morgan fingerprint density at radius 1 is 1.38 bits per heavy atom. The number of hydrogen-bond acceptors (Lipinski definition) is 9. The Morgan fingerprint density at radius 2 is 2.12 bits per heavy atom. The van der Waals surface area contributed by atoms with E-state index in [0.29, 0.717) is 29.7 Å². The van der Waals surface area contributed by atoms with Crippen LogP contribution in [0.15, 0.2) is 17.2 Å². The molecule has 26 heavy (non-hydrogen) atoms. The summed E-state index contributed by atoms with van der Waals surface area (Å²) in [6.07, 6.45) is 2.90. The lowest BCUT2D eigenvalue weighted by molar-refractivity contribution is -0.128. The van der Waals surface area contributed by atoms with Crippen molar-refractivity contribution in [2.24, 2.45) is 4.58 Å². The molecule has 2 rings (SSSR count). The normalized spacial score (nSPS) is 12.6. The van der Waals surface area contributed by atoms with Crippen molar-refractivity contribution in [3.63, 3.8) is 0 Å². The molecule has 0 aliphatic carbocycles. The minimum Gasteiger partial charge on any atom is -0.382 e. The Bertz CT molecular complexity index is 822. The van der Waals surface area contributed by atoms with Crippen LogP contribution in [0.2, 0.25) is 0 Å². The van der Waals surface area contributed by atoms with Crippen LogP contribution in [0.4, 0.5) is 5.82 Å². The number of nitrogen functional groups attached to an aromatic ring is 1. The molecule has 0 saturated carbocycles. The number of hydrogen-bond donors (Lipinski definition) is 3. The maximum atomic E-state index is 12.5. The molecule has 2 amide bonds. The predicted octanol–water partition coefficient (Wildman–Crippen LogP) is 0.223. The van der Waals surface area contributed by atoms with E-state index >= 15 is 0 Å². The van der Waals surface area contributed by atoms with E-state index in [2.05, 4.69) is 30.2 Å². The number of rotatable bonds is 8. The van der Waals surface area contributed by atoms with Crippen molar-refractivity contribution in [3.05, 3.63) is 17.6 Å². The summed E-state index contributed by atoms with van der Waals surface area (Å²) in [5.41, 5.74) is 6.79. The highest BCUT2D eigenvalue weighted by atomic mass is 32.2. The quantitative estimate of drug-likeness (QED) is 0.433. The second-order valence-electron chi connectivity index (χ2n) is 6.06. The van der Waals surface area contributed by atoms with Crippen molar-refractivity contribution >= 4 is 40.7 Å². The number of aromatic nitrogens is 4. The molecular formula is C14H20N8O3S.